The van der Waals surface area contributed by atoms with Crippen LogP contribution in [0.1, 0.15) is 12.0 Å². The van der Waals surface area contributed by atoms with Crippen LogP contribution in [0, 0.1) is 0 Å². The molecule has 78 valence electrons. The van der Waals surface area contributed by atoms with Crippen LogP contribution >= 0.6 is 23.1 Å². The lowest BCUT2D eigenvalue weighted by atomic mass is 10.1. The van der Waals surface area contributed by atoms with E-state index in [0.717, 1.165) is 11.5 Å². The maximum Gasteiger partial charge on any atom is 0.264 e. The fraction of sp³-hybridized carbons (Fsp3) is 0.111. The van der Waals surface area contributed by atoms with Gasteiger partial charge in [0.15, 0.2) is 5.82 Å². The lowest BCUT2D eigenvalue weighted by Crippen LogP contribution is -1.90. The van der Waals surface area contributed by atoms with Gasteiger partial charge in [0.1, 0.15) is 0 Å². The van der Waals surface area contributed by atoms with E-state index >= 15 is 0 Å². The van der Waals surface area contributed by atoms with Gasteiger partial charge in [0, 0.05) is 11.1 Å². The predicted molar refractivity (Wildman–Crippen MR) is 55.3 cm³/mol. The molecule has 1 aromatic carbocycles. The zero-order chi connectivity index (χ0) is 10.8. The second-order valence-corrected chi connectivity index (χ2v) is 4.09. The fourth-order valence-corrected chi connectivity index (χ4v) is 1.82. The molecule has 15 heavy (non-hydrogen) atoms. The van der Waals surface area contributed by atoms with Crippen LogP contribution in [0.2, 0.25) is 4.47 Å². The summed E-state index contributed by atoms with van der Waals surface area (Å²) in [6.07, 6.45) is -2.54. The maximum absolute atomic E-state index is 12.6. The molecule has 0 saturated carbocycles. The Bertz CT molecular complexity index is 473. The van der Waals surface area contributed by atoms with Gasteiger partial charge in [-0.05, 0) is 23.1 Å². The summed E-state index contributed by atoms with van der Waals surface area (Å²) in [7, 11) is 0. The first-order valence-electron chi connectivity index (χ1n) is 4.05. The molecule has 0 spiro atoms. The van der Waals surface area contributed by atoms with Crippen molar-refractivity contribution >= 4 is 23.1 Å². The van der Waals surface area contributed by atoms with Gasteiger partial charge in [0.05, 0.1) is 0 Å². The molecule has 0 radical (unpaired) electrons. The predicted octanol–water partition coefficient (Wildman–Crippen LogP) is 3.80. The summed E-state index contributed by atoms with van der Waals surface area (Å²) in [6, 6.07) is 6.13. The van der Waals surface area contributed by atoms with Crippen LogP contribution in [0.4, 0.5) is 8.78 Å². The number of benzene rings is 1. The average molecular weight is 247 g/mol. The standard InChI is InChI=1S/C9H5ClF2N2S/c10-9-13-8(14-15-9)6-4-2-1-3-5(6)7(11)12/h1-4,7H. The van der Waals surface area contributed by atoms with Crippen LogP contribution in [0.15, 0.2) is 24.3 Å². The molecule has 0 fully saturated rings. The Morgan fingerprint density at radius 3 is 2.60 bits per heavy atom. The summed E-state index contributed by atoms with van der Waals surface area (Å²) in [5, 5.41) is 0. The van der Waals surface area contributed by atoms with Gasteiger partial charge in [-0.25, -0.2) is 13.8 Å². The van der Waals surface area contributed by atoms with Gasteiger partial charge in [-0.2, -0.15) is 4.37 Å². The molecule has 0 unspecified atom stereocenters. The largest absolute Gasteiger partial charge is 0.264 e. The third-order valence-corrected chi connectivity index (χ3v) is 2.64. The first kappa shape index (κ1) is 10.4. The molecule has 0 amide bonds. The summed E-state index contributed by atoms with van der Waals surface area (Å²) in [5.41, 5.74) is 0.252. The zero-order valence-electron chi connectivity index (χ0n) is 7.32. The minimum absolute atomic E-state index is 0.0769. The maximum atomic E-state index is 12.6. The summed E-state index contributed by atoms with van der Waals surface area (Å²) in [6.45, 7) is 0. The van der Waals surface area contributed by atoms with Gasteiger partial charge < -0.3 is 0 Å². The van der Waals surface area contributed by atoms with Crippen LogP contribution in [-0.4, -0.2) is 9.36 Å². The molecule has 0 atom stereocenters. The summed E-state index contributed by atoms with van der Waals surface area (Å²) in [5.74, 6) is 0.251. The number of aromatic nitrogens is 2. The molecule has 1 heterocycles. The van der Waals surface area contributed by atoms with Crippen molar-refractivity contribution in [2.24, 2.45) is 0 Å². The smallest absolute Gasteiger partial charge is 0.205 e. The lowest BCUT2D eigenvalue weighted by molar-refractivity contribution is 0.152. The van der Waals surface area contributed by atoms with Crippen molar-refractivity contribution in [3.05, 3.63) is 34.3 Å². The summed E-state index contributed by atoms with van der Waals surface area (Å²) >= 11 is 6.58. The average Bonchev–Trinajstić information content (AvgIpc) is 2.65. The number of rotatable bonds is 2. The third-order valence-electron chi connectivity index (χ3n) is 1.84. The number of alkyl halides is 2. The van der Waals surface area contributed by atoms with E-state index in [1.807, 2.05) is 0 Å². The molecule has 1 aromatic heterocycles. The normalized spacial score (nSPS) is 10.9. The summed E-state index contributed by atoms with van der Waals surface area (Å²) in [4.78, 5) is 3.86. The number of hydrogen-bond acceptors (Lipinski definition) is 3. The highest BCUT2D eigenvalue weighted by Crippen LogP contribution is 2.30. The molecular weight excluding hydrogens is 242 g/mol. The Hall–Kier alpha value is -1.07. The van der Waals surface area contributed by atoms with Crippen molar-refractivity contribution in [3.8, 4) is 11.4 Å². The molecule has 0 aliphatic heterocycles. The van der Waals surface area contributed by atoms with Crippen molar-refractivity contribution in [1.29, 1.82) is 0 Å². The topological polar surface area (TPSA) is 25.8 Å². The van der Waals surface area contributed by atoms with Gasteiger partial charge in [-0.3, -0.25) is 0 Å². The quantitative estimate of drug-likeness (QED) is 0.806. The van der Waals surface area contributed by atoms with E-state index in [2.05, 4.69) is 9.36 Å². The Kier molecular flexibility index (Phi) is 2.93. The molecule has 6 heteroatoms. The van der Waals surface area contributed by atoms with Crippen molar-refractivity contribution in [2.45, 2.75) is 6.43 Å². The monoisotopic (exact) mass is 246 g/mol. The Morgan fingerprint density at radius 2 is 2.00 bits per heavy atom. The second-order valence-electron chi connectivity index (χ2n) is 2.76. The lowest BCUT2D eigenvalue weighted by Gasteiger charge is -2.04. The first-order chi connectivity index (χ1) is 7.18. The number of hydrogen-bond donors (Lipinski definition) is 0. The zero-order valence-corrected chi connectivity index (χ0v) is 8.90. The number of nitrogens with zero attached hydrogens (tertiary/aromatic N) is 2. The van der Waals surface area contributed by atoms with Crippen molar-refractivity contribution < 1.29 is 8.78 Å². The molecule has 2 rings (SSSR count). The van der Waals surface area contributed by atoms with Gasteiger partial charge in [-0.1, -0.05) is 24.3 Å². The molecule has 0 aliphatic rings. The Labute approximate surface area is 93.7 Å². The Balaban J connectivity index is 2.52. The molecule has 0 aliphatic carbocycles. The highest BCUT2D eigenvalue weighted by Gasteiger charge is 2.16. The first-order valence-corrected chi connectivity index (χ1v) is 5.20. The Morgan fingerprint density at radius 1 is 1.27 bits per heavy atom. The minimum atomic E-state index is -2.54. The van der Waals surface area contributed by atoms with Crippen molar-refractivity contribution in [2.75, 3.05) is 0 Å². The molecule has 2 aromatic rings. The molecule has 0 bridgehead atoms. The van der Waals surface area contributed by atoms with E-state index in [4.69, 9.17) is 11.6 Å². The second kappa shape index (κ2) is 4.20. The van der Waals surface area contributed by atoms with E-state index in [9.17, 15) is 8.78 Å². The van der Waals surface area contributed by atoms with Crippen LogP contribution in [0.3, 0.4) is 0 Å². The van der Waals surface area contributed by atoms with Crippen LogP contribution in [-0.2, 0) is 0 Å². The molecular formula is C9H5ClF2N2S. The van der Waals surface area contributed by atoms with Crippen LogP contribution in [0.25, 0.3) is 11.4 Å². The van der Waals surface area contributed by atoms with E-state index < -0.39 is 6.43 Å². The van der Waals surface area contributed by atoms with Gasteiger partial charge in [0.2, 0.25) is 4.47 Å². The molecule has 0 N–H and O–H groups in total. The van der Waals surface area contributed by atoms with Crippen LogP contribution in [0.5, 0.6) is 0 Å². The van der Waals surface area contributed by atoms with Crippen LogP contribution < -0.4 is 0 Å². The highest BCUT2D eigenvalue weighted by atomic mass is 35.5. The van der Waals surface area contributed by atoms with Crippen molar-refractivity contribution in [1.82, 2.24) is 9.36 Å². The van der Waals surface area contributed by atoms with E-state index in [-0.39, 0.29) is 15.9 Å². The molecule has 2 nitrogen and oxygen atoms in total. The van der Waals surface area contributed by atoms with E-state index in [1.54, 1.807) is 18.2 Å². The van der Waals surface area contributed by atoms with Gasteiger partial charge in [0.25, 0.3) is 6.43 Å². The van der Waals surface area contributed by atoms with Crippen molar-refractivity contribution in [3.63, 3.8) is 0 Å². The molecule has 0 saturated heterocycles. The van der Waals surface area contributed by atoms with E-state index in [0.29, 0.717) is 5.56 Å². The van der Waals surface area contributed by atoms with Gasteiger partial charge in [-0.15, -0.1) is 0 Å². The third kappa shape index (κ3) is 2.13. The highest BCUT2D eigenvalue weighted by molar-refractivity contribution is 7.10. The number of halogens is 3. The summed E-state index contributed by atoms with van der Waals surface area (Å²) < 4.78 is 29.4. The fourth-order valence-electron chi connectivity index (χ4n) is 1.21. The van der Waals surface area contributed by atoms with Gasteiger partial charge >= 0.3 is 0 Å². The minimum Gasteiger partial charge on any atom is -0.205 e. The SMILES string of the molecule is FC(F)c1ccccc1-c1nsc(Cl)n1. The van der Waals surface area contributed by atoms with E-state index in [1.165, 1.54) is 6.07 Å².